The van der Waals surface area contributed by atoms with Crippen molar-refractivity contribution < 1.29 is 0 Å². The third-order valence-corrected chi connectivity index (χ3v) is 5.38. The molecule has 10 N–H and O–H groups in total. The largest absolute Gasteiger partial charge is 0.372 e. The van der Waals surface area contributed by atoms with Crippen LogP contribution in [0.3, 0.4) is 0 Å². The molecule has 204 valence electrons. The van der Waals surface area contributed by atoms with Crippen LogP contribution in [0, 0.1) is 27.1 Å². The molecule has 0 saturated carbocycles. The van der Waals surface area contributed by atoms with Crippen LogP contribution in [-0.2, 0) is 0 Å². The Bertz CT molecular complexity index is 576. The Labute approximate surface area is 214 Å². The van der Waals surface area contributed by atoms with Crippen LogP contribution < -0.4 is 31.9 Å². The van der Waals surface area contributed by atoms with Gasteiger partial charge in [0.2, 0.25) is 0 Å². The molecular weight excluding hydrogens is 440 g/mol. The molecule has 0 aromatic carbocycles. The predicted octanol–water partition coefficient (Wildman–Crippen LogP) is 1.92. The van der Waals surface area contributed by atoms with E-state index in [1.54, 1.807) is 0 Å². The highest BCUT2D eigenvalue weighted by Crippen LogP contribution is 2.14. The first-order chi connectivity index (χ1) is 16.5. The van der Waals surface area contributed by atoms with E-state index in [-0.39, 0.29) is 17.5 Å². The molecule has 0 amide bonds. The summed E-state index contributed by atoms with van der Waals surface area (Å²) in [5.74, 6) is 1.10. The molecular formula is C25H54N10. The highest BCUT2D eigenvalue weighted by Gasteiger charge is 2.29. The van der Waals surface area contributed by atoms with Crippen molar-refractivity contribution in [1.82, 2.24) is 31.9 Å². The molecule has 0 rings (SSSR count). The third kappa shape index (κ3) is 20.1. The summed E-state index contributed by atoms with van der Waals surface area (Å²) in [5.41, 5.74) is 1.21. The molecule has 0 aliphatic heterocycles. The van der Waals surface area contributed by atoms with E-state index in [4.69, 9.17) is 21.6 Å². The molecule has 0 atom stereocenters. The van der Waals surface area contributed by atoms with E-state index in [0.29, 0.717) is 35.9 Å². The molecule has 0 fully saturated rings. The van der Waals surface area contributed by atoms with Gasteiger partial charge in [0.15, 0.2) is 0 Å². The zero-order valence-corrected chi connectivity index (χ0v) is 23.1. The number of hydrogen-bond donors (Lipinski definition) is 10. The Kier molecular flexibility index (Phi) is 18.3. The van der Waals surface area contributed by atoms with Gasteiger partial charge in [-0.2, -0.15) is 0 Å². The van der Waals surface area contributed by atoms with Crippen molar-refractivity contribution in [3.8, 4) is 0 Å². The number of nitrogens with one attached hydrogen (secondary N) is 10. The number of rotatable bonds is 22. The van der Waals surface area contributed by atoms with Gasteiger partial charge in [0.05, 0.1) is 11.7 Å². The van der Waals surface area contributed by atoms with Gasteiger partial charge in [0.25, 0.3) is 0 Å². The Hall–Kier alpha value is -1.88. The lowest BCUT2D eigenvalue weighted by Gasteiger charge is -2.35. The van der Waals surface area contributed by atoms with Crippen molar-refractivity contribution >= 4 is 23.1 Å². The van der Waals surface area contributed by atoms with E-state index in [2.05, 4.69) is 31.9 Å². The molecule has 0 aromatic heterocycles. The second kappa shape index (κ2) is 19.3. The van der Waals surface area contributed by atoms with E-state index in [9.17, 15) is 0 Å². The van der Waals surface area contributed by atoms with Gasteiger partial charge >= 0.3 is 0 Å². The smallest absolute Gasteiger partial charge is 0.0946 e. The fraction of sp³-hybridized carbons (Fsp3) is 0.840. The van der Waals surface area contributed by atoms with Crippen molar-refractivity contribution in [1.29, 1.82) is 21.6 Å². The normalized spacial score (nSPS) is 13.0. The lowest BCUT2D eigenvalue weighted by atomic mass is 9.86. The van der Waals surface area contributed by atoms with Gasteiger partial charge in [-0.05, 0) is 54.4 Å². The first-order valence-corrected chi connectivity index (χ1v) is 13.0. The molecule has 0 saturated heterocycles. The van der Waals surface area contributed by atoms with Crippen molar-refractivity contribution in [3.05, 3.63) is 0 Å². The molecule has 10 heteroatoms. The average Bonchev–Trinajstić information content (AvgIpc) is 2.73. The monoisotopic (exact) mass is 494 g/mol. The molecule has 0 radical (unpaired) electrons. The van der Waals surface area contributed by atoms with Crippen LogP contribution in [0.15, 0.2) is 0 Å². The van der Waals surface area contributed by atoms with Gasteiger partial charge in [-0.1, -0.05) is 0 Å². The summed E-state index contributed by atoms with van der Waals surface area (Å²) in [6.45, 7) is 17.9. The van der Waals surface area contributed by atoms with Gasteiger partial charge in [-0.15, -0.1) is 0 Å². The Morgan fingerprint density at radius 2 is 0.829 bits per heavy atom. The van der Waals surface area contributed by atoms with Gasteiger partial charge in [0, 0.05) is 94.1 Å². The molecule has 0 aliphatic rings. The predicted molar refractivity (Wildman–Crippen MR) is 151 cm³/mol. The van der Waals surface area contributed by atoms with Gasteiger partial charge < -0.3 is 42.7 Å². The lowest BCUT2D eigenvalue weighted by molar-refractivity contribution is 0.238. The van der Waals surface area contributed by atoms with Crippen LogP contribution in [0.4, 0.5) is 0 Å². The summed E-state index contributed by atoms with van der Waals surface area (Å²) in [4.78, 5) is 0. The van der Waals surface area contributed by atoms with Crippen LogP contribution in [0.1, 0.15) is 67.2 Å². The molecule has 0 spiro atoms. The fourth-order valence-electron chi connectivity index (χ4n) is 3.61. The standard InChI is InChI=1S/C25H54N10/c1-19(2)34-23(28)9-13-32-17-25(15-30-11-7-21(5)26,16-31-12-8-22(6)27)18-33-14-10-24(29)35-20(3)4/h19-20,26-27,30-33H,7-18H2,1-6H3,(H2,28,34)(H2,29,35). The van der Waals surface area contributed by atoms with Crippen LogP contribution in [0.25, 0.3) is 0 Å². The highest BCUT2D eigenvalue weighted by molar-refractivity contribution is 5.80. The zero-order valence-electron chi connectivity index (χ0n) is 23.1. The summed E-state index contributed by atoms with van der Waals surface area (Å²) in [6.07, 6.45) is 2.77. The minimum absolute atomic E-state index is 0.132. The van der Waals surface area contributed by atoms with Crippen molar-refractivity contribution in [3.63, 3.8) is 0 Å². The first kappa shape index (κ1) is 33.1. The Morgan fingerprint density at radius 3 is 1.09 bits per heavy atom. The van der Waals surface area contributed by atoms with Crippen LogP contribution >= 0.6 is 0 Å². The number of amidine groups is 2. The van der Waals surface area contributed by atoms with Crippen molar-refractivity contribution in [2.45, 2.75) is 79.3 Å². The molecule has 0 aromatic rings. The minimum Gasteiger partial charge on any atom is -0.372 e. The maximum atomic E-state index is 8.08. The third-order valence-electron chi connectivity index (χ3n) is 5.38. The molecule has 0 unspecified atom stereocenters. The summed E-state index contributed by atoms with van der Waals surface area (Å²) in [7, 11) is 0. The van der Waals surface area contributed by atoms with Gasteiger partial charge in [-0.3, -0.25) is 10.8 Å². The van der Waals surface area contributed by atoms with Crippen LogP contribution in [-0.4, -0.2) is 87.5 Å². The van der Waals surface area contributed by atoms with Gasteiger partial charge in [0.1, 0.15) is 0 Å². The van der Waals surface area contributed by atoms with Crippen molar-refractivity contribution in [2.24, 2.45) is 5.41 Å². The second-order valence-corrected chi connectivity index (χ2v) is 10.3. The van der Waals surface area contributed by atoms with Crippen molar-refractivity contribution in [2.75, 3.05) is 52.4 Å². The number of hydrogen-bond acceptors (Lipinski definition) is 8. The topological polar surface area (TPSA) is 168 Å². The Morgan fingerprint density at radius 1 is 0.543 bits per heavy atom. The second-order valence-electron chi connectivity index (χ2n) is 10.3. The Balaban J connectivity index is 5.10. The quantitative estimate of drug-likeness (QED) is 0.0626. The molecule has 35 heavy (non-hydrogen) atoms. The summed E-state index contributed by atoms with van der Waals surface area (Å²) in [5, 5.41) is 52.1. The van der Waals surface area contributed by atoms with E-state index >= 15 is 0 Å². The summed E-state index contributed by atoms with van der Waals surface area (Å²) in [6, 6.07) is 0.524. The minimum atomic E-state index is -0.132. The SMILES string of the molecule is CC(=N)CCNCC(CNCCC(C)=N)(CNCCC(=N)NC(C)C)CNCCC(=N)NC(C)C. The fourth-order valence-corrected chi connectivity index (χ4v) is 3.61. The molecule has 0 bridgehead atoms. The summed E-state index contributed by atoms with van der Waals surface area (Å²) < 4.78 is 0. The maximum Gasteiger partial charge on any atom is 0.0946 e. The zero-order chi connectivity index (χ0) is 26.7. The van der Waals surface area contributed by atoms with Crippen LogP contribution in [0.2, 0.25) is 0 Å². The lowest BCUT2D eigenvalue weighted by Crippen LogP contribution is -2.55. The van der Waals surface area contributed by atoms with E-state index in [1.165, 1.54) is 0 Å². The van der Waals surface area contributed by atoms with Crippen LogP contribution in [0.5, 0.6) is 0 Å². The summed E-state index contributed by atoms with van der Waals surface area (Å²) >= 11 is 0. The maximum absolute atomic E-state index is 8.08. The highest BCUT2D eigenvalue weighted by atomic mass is 15.0. The molecule has 0 heterocycles. The van der Waals surface area contributed by atoms with E-state index in [0.717, 1.165) is 65.2 Å². The van der Waals surface area contributed by atoms with E-state index < -0.39 is 0 Å². The van der Waals surface area contributed by atoms with Gasteiger partial charge in [-0.25, -0.2) is 0 Å². The first-order valence-electron chi connectivity index (χ1n) is 13.0. The average molecular weight is 495 g/mol. The molecule has 10 nitrogen and oxygen atoms in total. The van der Waals surface area contributed by atoms with E-state index in [1.807, 2.05) is 41.5 Å². The molecule has 0 aliphatic carbocycles.